The number of fused-ring (bicyclic) bond motifs is 1. The van der Waals surface area contributed by atoms with E-state index in [-0.39, 0.29) is 24.7 Å². The molecule has 2 N–H and O–H groups in total. The van der Waals surface area contributed by atoms with Gasteiger partial charge in [-0.15, -0.1) is 0 Å². The number of rotatable bonds is 17. The van der Waals surface area contributed by atoms with Gasteiger partial charge in [0.2, 0.25) is 11.8 Å². The summed E-state index contributed by atoms with van der Waals surface area (Å²) in [6, 6.07) is 7.89. The molecule has 0 saturated heterocycles. The molecule has 0 aliphatic carbocycles. The Kier molecular flexibility index (Phi) is 13.1. The molecule has 0 saturated carbocycles. The van der Waals surface area contributed by atoms with E-state index in [0.29, 0.717) is 30.1 Å². The van der Waals surface area contributed by atoms with Crippen molar-refractivity contribution in [3.63, 3.8) is 0 Å². The van der Waals surface area contributed by atoms with Gasteiger partial charge in [0.25, 0.3) is 0 Å². The SMILES string of the molecule is CCCCC(CC)CNC(=O)CCC(=O)N(CC(CC)CCCC)Sc1nc2ccccc2[nH]1. The maximum absolute atomic E-state index is 13.2. The van der Waals surface area contributed by atoms with Gasteiger partial charge in [-0.05, 0) is 36.8 Å². The van der Waals surface area contributed by atoms with Crippen molar-refractivity contribution in [2.24, 2.45) is 11.8 Å². The Hall–Kier alpha value is -2.02. The summed E-state index contributed by atoms with van der Waals surface area (Å²) in [4.78, 5) is 33.6. The van der Waals surface area contributed by atoms with Crippen molar-refractivity contribution < 1.29 is 9.59 Å². The van der Waals surface area contributed by atoms with E-state index in [1.165, 1.54) is 24.8 Å². The van der Waals surface area contributed by atoms with Gasteiger partial charge < -0.3 is 10.3 Å². The normalized spacial score (nSPS) is 13.1. The van der Waals surface area contributed by atoms with Crippen LogP contribution < -0.4 is 5.32 Å². The number of H-pyrrole nitrogens is 1. The van der Waals surface area contributed by atoms with E-state index in [9.17, 15) is 9.59 Å². The predicted molar refractivity (Wildman–Crippen MR) is 143 cm³/mol. The van der Waals surface area contributed by atoms with Crippen molar-refractivity contribution in [1.29, 1.82) is 0 Å². The van der Waals surface area contributed by atoms with Gasteiger partial charge in [0.1, 0.15) is 0 Å². The van der Waals surface area contributed by atoms with Crippen LogP contribution in [0.5, 0.6) is 0 Å². The lowest BCUT2D eigenvalue weighted by Crippen LogP contribution is -2.33. The molecular formula is C27H44N4O2S. The zero-order chi connectivity index (χ0) is 24.8. The van der Waals surface area contributed by atoms with E-state index in [2.05, 4.69) is 43.0 Å². The summed E-state index contributed by atoms with van der Waals surface area (Å²) in [6.07, 6.45) is 9.47. The minimum Gasteiger partial charge on any atom is -0.356 e. The summed E-state index contributed by atoms with van der Waals surface area (Å²) in [5.74, 6) is 0.922. The number of nitrogens with zero attached hydrogens (tertiary/aromatic N) is 2. The van der Waals surface area contributed by atoms with E-state index in [0.717, 1.165) is 49.6 Å². The number of imidazole rings is 1. The summed E-state index contributed by atoms with van der Waals surface area (Å²) in [5, 5.41) is 3.76. The number of aromatic amines is 1. The van der Waals surface area contributed by atoms with Crippen LogP contribution >= 0.6 is 11.9 Å². The highest BCUT2D eigenvalue weighted by molar-refractivity contribution is 7.97. The average molecular weight is 489 g/mol. The minimum absolute atomic E-state index is 0.00595. The Morgan fingerprint density at radius 1 is 1.00 bits per heavy atom. The van der Waals surface area contributed by atoms with Crippen molar-refractivity contribution in [2.75, 3.05) is 13.1 Å². The molecule has 2 atom stereocenters. The molecule has 1 heterocycles. The second-order valence-corrected chi connectivity index (χ2v) is 10.3. The molecule has 1 aromatic heterocycles. The Morgan fingerprint density at radius 3 is 2.32 bits per heavy atom. The van der Waals surface area contributed by atoms with Crippen molar-refractivity contribution in [3.8, 4) is 0 Å². The average Bonchev–Trinajstić information content (AvgIpc) is 3.27. The van der Waals surface area contributed by atoms with E-state index in [4.69, 9.17) is 0 Å². The zero-order valence-electron chi connectivity index (χ0n) is 21.6. The lowest BCUT2D eigenvalue weighted by molar-refractivity contribution is -0.130. The Balaban J connectivity index is 1.97. The molecule has 2 unspecified atom stereocenters. The van der Waals surface area contributed by atoms with Crippen LogP contribution in [0.4, 0.5) is 0 Å². The summed E-state index contributed by atoms with van der Waals surface area (Å²) in [7, 11) is 0. The summed E-state index contributed by atoms with van der Waals surface area (Å²) in [5.41, 5.74) is 1.85. The largest absolute Gasteiger partial charge is 0.356 e. The number of amides is 2. The molecule has 1 aromatic carbocycles. The fourth-order valence-corrected chi connectivity index (χ4v) is 5.04. The highest BCUT2D eigenvalue weighted by atomic mass is 32.2. The molecule has 34 heavy (non-hydrogen) atoms. The highest BCUT2D eigenvalue weighted by Crippen LogP contribution is 2.27. The number of hydrogen-bond donors (Lipinski definition) is 2. The van der Waals surface area contributed by atoms with Crippen LogP contribution in [0.1, 0.15) is 91.9 Å². The zero-order valence-corrected chi connectivity index (χ0v) is 22.4. The number of para-hydroxylation sites is 2. The highest BCUT2D eigenvalue weighted by Gasteiger charge is 2.22. The molecule has 2 amide bonds. The summed E-state index contributed by atoms with van der Waals surface area (Å²) in [6.45, 7) is 10.1. The van der Waals surface area contributed by atoms with Gasteiger partial charge >= 0.3 is 0 Å². The molecule has 7 heteroatoms. The van der Waals surface area contributed by atoms with Gasteiger partial charge in [0.05, 0.1) is 11.0 Å². The maximum atomic E-state index is 13.2. The first-order valence-electron chi connectivity index (χ1n) is 13.2. The third kappa shape index (κ3) is 9.69. The van der Waals surface area contributed by atoms with Crippen molar-refractivity contribution in [3.05, 3.63) is 24.3 Å². The fraction of sp³-hybridized carbons (Fsp3) is 0.667. The molecule has 2 rings (SSSR count). The smallest absolute Gasteiger partial charge is 0.233 e. The van der Waals surface area contributed by atoms with Crippen LogP contribution in [0, 0.1) is 11.8 Å². The molecule has 190 valence electrons. The predicted octanol–water partition coefficient (Wildman–Crippen LogP) is 6.73. The number of hydrogen-bond acceptors (Lipinski definition) is 4. The lowest BCUT2D eigenvalue weighted by Gasteiger charge is -2.25. The van der Waals surface area contributed by atoms with Crippen LogP contribution in [-0.2, 0) is 9.59 Å². The maximum Gasteiger partial charge on any atom is 0.233 e. The van der Waals surface area contributed by atoms with Crippen LogP contribution in [0.3, 0.4) is 0 Å². The molecule has 0 spiro atoms. The van der Waals surface area contributed by atoms with Crippen molar-refractivity contribution in [2.45, 2.75) is 97.1 Å². The van der Waals surface area contributed by atoms with Gasteiger partial charge in [-0.25, -0.2) is 4.98 Å². The Morgan fingerprint density at radius 2 is 1.68 bits per heavy atom. The number of nitrogens with one attached hydrogen (secondary N) is 2. The molecule has 0 bridgehead atoms. The Bertz CT molecular complexity index is 836. The lowest BCUT2D eigenvalue weighted by atomic mass is 9.99. The third-order valence-corrected chi connectivity index (χ3v) is 7.45. The molecule has 0 fully saturated rings. The van der Waals surface area contributed by atoms with Gasteiger partial charge in [0, 0.05) is 37.9 Å². The van der Waals surface area contributed by atoms with Gasteiger partial charge in [0.15, 0.2) is 5.16 Å². The number of unbranched alkanes of at least 4 members (excludes halogenated alkanes) is 2. The second kappa shape index (κ2) is 15.8. The fourth-order valence-electron chi connectivity index (χ4n) is 4.05. The first kappa shape index (κ1) is 28.2. The molecule has 0 aliphatic rings. The van der Waals surface area contributed by atoms with Crippen molar-refractivity contribution >= 4 is 34.8 Å². The third-order valence-electron chi connectivity index (χ3n) is 6.51. The number of aromatic nitrogens is 2. The van der Waals surface area contributed by atoms with E-state index < -0.39 is 0 Å². The molecular weight excluding hydrogens is 444 g/mol. The Labute approximate surface area is 210 Å². The molecule has 0 radical (unpaired) electrons. The minimum atomic E-state index is -0.0324. The summed E-state index contributed by atoms with van der Waals surface area (Å²) >= 11 is 1.37. The summed E-state index contributed by atoms with van der Waals surface area (Å²) < 4.78 is 1.82. The number of carbonyl (C=O) groups excluding carboxylic acids is 2. The van der Waals surface area contributed by atoms with E-state index in [1.54, 1.807) is 0 Å². The van der Waals surface area contributed by atoms with Gasteiger partial charge in [-0.3, -0.25) is 13.9 Å². The first-order chi connectivity index (χ1) is 16.5. The van der Waals surface area contributed by atoms with Gasteiger partial charge in [-0.2, -0.15) is 0 Å². The number of benzene rings is 1. The van der Waals surface area contributed by atoms with Gasteiger partial charge in [-0.1, -0.05) is 78.4 Å². The van der Waals surface area contributed by atoms with E-state index in [1.807, 2.05) is 28.6 Å². The molecule has 6 nitrogen and oxygen atoms in total. The molecule has 0 aliphatic heterocycles. The van der Waals surface area contributed by atoms with Crippen molar-refractivity contribution in [1.82, 2.24) is 19.6 Å². The molecule has 2 aromatic rings. The second-order valence-electron chi connectivity index (χ2n) is 9.24. The van der Waals surface area contributed by atoms with Crippen LogP contribution in [0.2, 0.25) is 0 Å². The van der Waals surface area contributed by atoms with E-state index >= 15 is 0 Å². The van der Waals surface area contributed by atoms with Crippen LogP contribution in [0.25, 0.3) is 11.0 Å². The first-order valence-corrected chi connectivity index (χ1v) is 14.0. The quantitative estimate of drug-likeness (QED) is 0.242. The van der Waals surface area contributed by atoms with Crippen LogP contribution in [-0.4, -0.2) is 39.2 Å². The number of carbonyl (C=O) groups is 2. The topological polar surface area (TPSA) is 78.1 Å². The van der Waals surface area contributed by atoms with Crippen LogP contribution in [0.15, 0.2) is 29.4 Å². The standard InChI is InChI=1S/C27H44N4O2S/c1-5-9-13-21(7-3)19-28-25(32)17-18-26(33)31(20-22(8-4)14-10-6-2)34-27-29-23-15-11-12-16-24(23)30-27/h11-12,15-16,21-22H,5-10,13-14,17-20H2,1-4H3,(H,28,32)(H,29,30). The monoisotopic (exact) mass is 488 g/mol.